The highest BCUT2D eigenvalue weighted by Crippen LogP contribution is 2.19. The molecule has 0 aromatic rings. The molecule has 2 atom stereocenters. The molecule has 0 spiro atoms. The van der Waals surface area contributed by atoms with Crippen molar-refractivity contribution >= 4 is 11.9 Å². The Bertz CT molecular complexity index is 1140. The summed E-state index contributed by atoms with van der Waals surface area (Å²) in [5, 5.41) is 23.4. The summed E-state index contributed by atoms with van der Waals surface area (Å²) < 4.78 is 5.48. The first-order valence-electron chi connectivity index (χ1n) is 33.1. The highest BCUT2D eigenvalue weighted by molar-refractivity contribution is 5.76. The van der Waals surface area contributed by atoms with Crippen LogP contribution >= 0.6 is 0 Å². The van der Waals surface area contributed by atoms with Crippen molar-refractivity contribution < 1.29 is 24.5 Å². The van der Waals surface area contributed by atoms with Crippen LogP contribution in [0.2, 0.25) is 0 Å². The van der Waals surface area contributed by atoms with Crippen molar-refractivity contribution in [2.24, 2.45) is 0 Å². The molecule has 0 fully saturated rings. The van der Waals surface area contributed by atoms with Crippen LogP contribution in [0, 0.1) is 0 Å². The number of amides is 1. The minimum absolute atomic E-state index is 0.00203. The van der Waals surface area contributed by atoms with E-state index in [9.17, 15) is 19.8 Å². The molecule has 0 aliphatic rings. The maximum Gasteiger partial charge on any atom is 0.305 e. The van der Waals surface area contributed by atoms with Crippen LogP contribution in [0.1, 0.15) is 367 Å². The molecule has 1 amide bonds. The lowest BCUT2D eigenvalue weighted by Gasteiger charge is -2.22. The molecule has 0 heterocycles. The monoisotopic (exact) mass is 1030 g/mol. The molecule has 0 rings (SSSR count). The van der Waals surface area contributed by atoms with E-state index >= 15 is 0 Å². The highest BCUT2D eigenvalue weighted by atomic mass is 16.5. The summed E-state index contributed by atoms with van der Waals surface area (Å²) in [5.74, 6) is -0.0288. The van der Waals surface area contributed by atoms with E-state index < -0.39 is 12.1 Å². The van der Waals surface area contributed by atoms with Crippen LogP contribution in [0.15, 0.2) is 24.3 Å². The van der Waals surface area contributed by atoms with Gasteiger partial charge in [0.25, 0.3) is 0 Å². The number of carbonyl (C=O) groups is 2. The Hall–Kier alpha value is -1.66. The fourth-order valence-corrected chi connectivity index (χ4v) is 10.4. The molecule has 6 heteroatoms. The van der Waals surface area contributed by atoms with Gasteiger partial charge in [-0.2, -0.15) is 0 Å². The van der Waals surface area contributed by atoms with Crippen molar-refractivity contribution in [2.75, 3.05) is 13.2 Å². The van der Waals surface area contributed by atoms with Gasteiger partial charge < -0.3 is 20.3 Å². The summed E-state index contributed by atoms with van der Waals surface area (Å²) in [6, 6.07) is -0.541. The fourth-order valence-electron chi connectivity index (χ4n) is 10.4. The van der Waals surface area contributed by atoms with E-state index in [2.05, 4.69) is 43.5 Å². The van der Waals surface area contributed by atoms with Crippen LogP contribution in [0.5, 0.6) is 0 Å². The lowest BCUT2D eigenvalue weighted by molar-refractivity contribution is -0.143. The quantitative estimate of drug-likeness (QED) is 0.0320. The van der Waals surface area contributed by atoms with E-state index in [1.807, 2.05) is 0 Å². The molecular weight excluding hydrogens is 899 g/mol. The third kappa shape index (κ3) is 59.4. The predicted octanol–water partition coefficient (Wildman–Crippen LogP) is 21.0. The maximum atomic E-state index is 12.5. The number of ether oxygens (including phenoxy) is 1. The lowest BCUT2D eigenvalue weighted by atomic mass is 10.0. The Morgan fingerprint density at radius 3 is 1.07 bits per heavy atom. The summed E-state index contributed by atoms with van der Waals surface area (Å²) >= 11 is 0. The normalized spacial score (nSPS) is 12.7. The van der Waals surface area contributed by atoms with Crippen molar-refractivity contribution in [3.05, 3.63) is 24.3 Å². The molecular formula is C67H129NO5. The van der Waals surface area contributed by atoms with Crippen molar-refractivity contribution in [3.63, 3.8) is 0 Å². The number of rotatable bonds is 62. The second-order valence-corrected chi connectivity index (χ2v) is 22.8. The molecule has 0 radical (unpaired) electrons. The number of esters is 1. The zero-order chi connectivity index (χ0) is 52.9. The van der Waals surface area contributed by atoms with Gasteiger partial charge in [0.05, 0.1) is 25.4 Å². The van der Waals surface area contributed by atoms with Crippen LogP contribution in [0.3, 0.4) is 0 Å². The molecule has 3 N–H and O–H groups in total. The Balaban J connectivity index is 3.37. The fraction of sp³-hybridized carbons (Fsp3) is 0.910. The Kier molecular flexibility index (Phi) is 61.4. The number of allylic oxidation sites excluding steroid dienone is 4. The molecule has 0 aromatic heterocycles. The smallest absolute Gasteiger partial charge is 0.305 e. The molecule has 0 aromatic carbocycles. The van der Waals surface area contributed by atoms with Crippen LogP contribution in [-0.2, 0) is 14.3 Å². The van der Waals surface area contributed by atoms with Gasteiger partial charge in [-0.15, -0.1) is 0 Å². The van der Waals surface area contributed by atoms with E-state index in [1.165, 1.54) is 283 Å². The number of aliphatic hydroxyl groups is 2. The number of carbonyl (C=O) groups excluding carboxylic acids is 2. The van der Waals surface area contributed by atoms with Crippen LogP contribution in [0.4, 0.5) is 0 Å². The largest absolute Gasteiger partial charge is 0.466 e. The number of unbranched alkanes of at least 4 members (excludes halogenated alkanes) is 47. The molecule has 432 valence electrons. The second kappa shape index (κ2) is 62.9. The number of nitrogens with one attached hydrogen (secondary N) is 1. The van der Waals surface area contributed by atoms with E-state index in [4.69, 9.17) is 4.74 Å². The Morgan fingerprint density at radius 1 is 0.384 bits per heavy atom. The van der Waals surface area contributed by atoms with Gasteiger partial charge in [-0.25, -0.2) is 0 Å². The predicted molar refractivity (Wildman–Crippen MR) is 320 cm³/mol. The van der Waals surface area contributed by atoms with E-state index in [-0.39, 0.29) is 18.5 Å². The standard InChI is InChI=1S/C67H129NO5/c1-3-5-7-9-11-13-15-17-19-28-32-35-39-43-47-51-55-59-65(70)64(63-69)68-66(71)60-56-52-48-44-40-36-33-29-26-24-22-20-21-23-25-27-30-34-38-42-46-50-54-58-62-73-67(72)61-57-53-49-45-41-37-31-18-16-14-12-10-8-6-4-2/h12,14,18,31,64-65,69-70H,3-11,13,15-17,19-30,32-63H2,1-2H3,(H,68,71)/b14-12-,31-18-. The van der Waals surface area contributed by atoms with Gasteiger partial charge in [0, 0.05) is 12.8 Å². The van der Waals surface area contributed by atoms with Gasteiger partial charge in [0.15, 0.2) is 0 Å². The van der Waals surface area contributed by atoms with E-state index in [0.717, 1.165) is 51.4 Å². The van der Waals surface area contributed by atoms with E-state index in [0.29, 0.717) is 25.9 Å². The summed E-state index contributed by atoms with van der Waals surface area (Å²) in [6.07, 6.45) is 77.7. The van der Waals surface area contributed by atoms with Gasteiger partial charge in [0.2, 0.25) is 5.91 Å². The summed E-state index contributed by atoms with van der Waals surface area (Å²) in [5.41, 5.74) is 0. The van der Waals surface area contributed by atoms with Crippen LogP contribution < -0.4 is 5.32 Å². The molecule has 0 saturated heterocycles. The Labute approximate surface area is 456 Å². The average Bonchev–Trinajstić information content (AvgIpc) is 3.39. The molecule has 6 nitrogen and oxygen atoms in total. The first-order chi connectivity index (χ1) is 36.0. The van der Waals surface area contributed by atoms with Gasteiger partial charge in [0.1, 0.15) is 0 Å². The molecule has 0 bridgehead atoms. The van der Waals surface area contributed by atoms with Gasteiger partial charge in [-0.3, -0.25) is 9.59 Å². The average molecular weight is 1030 g/mol. The van der Waals surface area contributed by atoms with Crippen molar-refractivity contribution in [2.45, 2.75) is 379 Å². The summed E-state index contributed by atoms with van der Waals surface area (Å²) in [4.78, 5) is 24.6. The zero-order valence-electron chi connectivity index (χ0n) is 49.4. The zero-order valence-corrected chi connectivity index (χ0v) is 49.4. The second-order valence-electron chi connectivity index (χ2n) is 22.8. The number of hydrogen-bond donors (Lipinski definition) is 3. The molecule has 73 heavy (non-hydrogen) atoms. The minimum Gasteiger partial charge on any atom is -0.466 e. The summed E-state index contributed by atoms with van der Waals surface area (Å²) in [6.45, 7) is 4.95. The highest BCUT2D eigenvalue weighted by Gasteiger charge is 2.20. The van der Waals surface area contributed by atoms with Crippen molar-refractivity contribution in [1.29, 1.82) is 0 Å². The number of hydrogen-bond acceptors (Lipinski definition) is 5. The van der Waals surface area contributed by atoms with Crippen molar-refractivity contribution in [3.8, 4) is 0 Å². The summed E-state index contributed by atoms with van der Waals surface area (Å²) in [7, 11) is 0. The maximum absolute atomic E-state index is 12.5. The Morgan fingerprint density at radius 2 is 0.685 bits per heavy atom. The van der Waals surface area contributed by atoms with E-state index in [1.54, 1.807) is 0 Å². The van der Waals surface area contributed by atoms with Crippen molar-refractivity contribution in [1.82, 2.24) is 5.32 Å². The third-order valence-electron chi connectivity index (χ3n) is 15.5. The first-order valence-corrected chi connectivity index (χ1v) is 33.1. The van der Waals surface area contributed by atoms with Gasteiger partial charge >= 0.3 is 5.97 Å². The third-order valence-corrected chi connectivity index (χ3v) is 15.5. The first kappa shape index (κ1) is 71.3. The van der Waals surface area contributed by atoms with Crippen LogP contribution in [-0.4, -0.2) is 47.4 Å². The minimum atomic E-state index is -0.664. The van der Waals surface area contributed by atoms with Crippen LogP contribution in [0.25, 0.3) is 0 Å². The SMILES string of the molecule is CCCCC/C=C\C/C=C\CCCCCCCC(=O)OCCCCCCCCCCCCCCCCCCCCCCCCCCC(=O)NC(CO)C(O)CCCCCCCCCCCCCCCCCCC. The molecule has 0 aliphatic carbocycles. The molecule has 0 saturated carbocycles. The van der Waals surface area contributed by atoms with Gasteiger partial charge in [-0.05, 0) is 57.8 Å². The molecule has 0 aliphatic heterocycles. The molecule has 2 unspecified atom stereocenters. The lowest BCUT2D eigenvalue weighted by Crippen LogP contribution is -2.45. The number of aliphatic hydroxyl groups excluding tert-OH is 2. The van der Waals surface area contributed by atoms with Gasteiger partial charge in [-0.1, -0.05) is 321 Å². The topological polar surface area (TPSA) is 95.9 Å².